The van der Waals surface area contributed by atoms with E-state index in [0.717, 1.165) is 94.4 Å². The van der Waals surface area contributed by atoms with Crippen molar-refractivity contribution in [2.24, 2.45) is 0 Å². The van der Waals surface area contributed by atoms with Gasteiger partial charge in [-0.05, 0) is 103 Å². The number of nitrogens with zero attached hydrogens (tertiary/aromatic N) is 4. The lowest BCUT2D eigenvalue weighted by Crippen LogP contribution is -2.54. The summed E-state index contributed by atoms with van der Waals surface area (Å²) in [6, 6.07) is 29.8. The molecule has 0 saturated carbocycles. The summed E-state index contributed by atoms with van der Waals surface area (Å²) in [5, 5.41) is 12.4. The van der Waals surface area contributed by atoms with E-state index in [1.54, 1.807) is 12.1 Å². The van der Waals surface area contributed by atoms with Crippen LogP contribution in [-0.2, 0) is 16.0 Å². The molecule has 3 atom stereocenters. The van der Waals surface area contributed by atoms with E-state index in [-0.39, 0.29) is 30.8 Å². The molecule has 9 rings (SSSR count). The first-order chi connectivity index (χ1) is 27.8. The Hall–Kier alpha value is -5.52. The van der Waals surface area contributed by atoms with Crippen LogP contribution in [0.15, 0.2) is 91.0 Å². The average molecular weight is 768 g/mol. The van der Waals surface area contributed by atoms with Crippen molar-refractivity contribution in [3.63, 3.8) is 0 Å². The molecule has 4 heterocycles. The molecule has 11 nitrogen and oxygen atoms in total. The molecule has 0 radical (unpaired) electrons. The predicted molar refractivity (Wildman–Crippen MR) is 216 cm³/mol. The molecule has 4 amide bonds. The molecule has 3 fully saturated rings. The number of aryl methyl sites for hydroxylation is 1. The van der Waals surface area contributed by atoms with Gasteiger partial charge < -0.3 is 19.6 Å². The lowest BCUT2D eigenvalue weighted by Gasteiger charge is -2.38. The molecule has 2 unspecified atom stereocenters. The van der Waals surface area contributed by atoms with Gasteiger partial charge in [-0.15, -0.1) is 0 Å². The smallest absolute Gasteiger partial charge is 0.262 e. The molecule has 4 aliphatic heterocycles. The quantitative estimate of drug-likeness (QED) is 0.218. The van der Waals surface area contributed by atoms with Crippen LogP contribution >= 0.6 is 0 Å². The molecular formula is C46H49N5O6. The van der Waals surface area contributed by atoms with E-state index < -0.39 is 23.8 Å². The number of carbonyl (C=O) groups is 4. The number of fused-ring (bicyclic) bond motifs is 2. The summed E-state index contributed by atoms with van der Waals surface area (Å²) in [7, 11) is 0. The number of aromatic hydroxyl groups is 1. The second-order valence-electron chi connectivity index (χ2n) is 16.2. The van der Waals surface area contributed by atoms with Gasteiger partial charge in [0.25, 0.3) is 11.8 Å². The van der Waals surface area contributed by atoms with Crippen molar-refractivity contribution >= 4 is 29.3 Å². The molecule has 3 saturated heterocycles. The molecule has 0 bridgehead atoms. The van der Waals surface area contributed by atoms with E-state index in [4.69, 9.17) is 4.74 Å². The Labute approximate surface area is 333 Å². The molecule has 0 aromatic heterocycles. The lowest BCUT2D eigenvalue weighted by atomic mass is 9.69. The minimum absolute atomic E-state index is 0.101. The zero-order valence-corrected chi connectivity index (χ0v) is 32.1. The number of piperidine rings is 2. The first-order valence-corrected chi connectivity index (χ1v) is 20.5. The highest BCUT2D eigenvalue weighted by molar-refractivity contribution is 6.23. The average Bonchev–Trinajstić information content (AvgIpc) is 3.48. The van der Waals surface area contributed by atoms with Gasteiger partial charge in [0, 0.05) is 70.4 Å². The number of carbonyl (C=O) groups excluding carboxylic acids is 4. The van der Waals surface area contributed by atoms with Crippen molar-refractivity contribution in [1.82, 2.24) is 20.0 Å². The fraction of sp³-hybridized carbons (Fsp3) is 0.391. The van der Waals surface area contributed by atoms with E-state index >= 15 is 0 Å². The van der Waals surface area contributed by atoms with Crippen LogP contribution in [0.2, 0.25) is 0 Å². The van der Waals surface area contributed by atoms with Gasteiger partial charge in [-0.25, -0.2) is 0 Å². The maximum absolute atomic E-state index is 13.3. The monoisotopic (exact) mass is 767 g/mol. The van der Waals surface area contributed by atoms with Gasteiger partial charge in [0.2, 0.25) is 11.8 Å². The number of benzene rings is 4. The molecule has 1 aliphatic carbocycles. The zero-order chi connectivity index (χ0) is 39.0. The summed E-state index contributed by atoms with van der Waals surface area (Å²) in [6.45, 7) is 7.46. The third-order valence-electron chi connectivity index (χ3n) is 12.8. The van der Waals surface area contributed by atoms with E-state index in [9.17, 15) is 24.3 Å². The fourth-order valence-corrected chi connectivity index (χ4v) is 9.64. The van der Waals surface area contributed by atoms with Gasteiger partial charge >= 0.3 is 0 Å². The van der Waals surface area contributed by atoms with E-state index in [2.05, 4.69) is 80.7 Å². The molecule has 11 heteroatoms. The SMILES string of the molecule is O=C1CCC(N2C(=O)c3ccc(N4CCN(CCN5CCC(Oc6ccc([C@@H]7c8ccc(O)cc8CCC7c7ccccc7)cc6)CC5)CC4)cc3C2=O)C(=O)N1. The van der Waals surface area contributed by atoms with Crippen LogP contribution < -0.4 is 15.0 Å². The van der Waals surface area contributed by atoms with Crippen LogP contribution in [0, 0.1) is 0 Å². The van der Waals surface area contributed by atoms with E-state index in [0.29, 0.717) is 22.8 Å². The predicted octanol–water partition coefficient (Wildman–Crippen LogP) is 5.32. The van der Waals surface area contributed by atoms with Gasteiger partial charge in [0.05, 0.1) is 11.1 Å². The molecule has 0 spiro atoms. The molecule has 4 aromatic carbocycles. The van der Waals surface area contributed by atoms with Crippen molar-refractivity contribution < 1.29 is 29.0 Å². The summed E-state index contributed by atoms with van der Waals surface area (Å²) in [4.78, 5) is 58.8. The number of ether oxygens (including phenoxy) is 1. The van der Waals surface area contributed by atoms with Gasteiger partial charge in [0.1, 0.15) is 23.6 Å². The molecule has 294 valence electrons. The van der Waals surface area contributed by atoms with Crippen molar-refractivity contribution in [1.29, 1.82) is 0 Å². The highest BCUT2D eigenvalue weighted by Gasteiger charge is 2.45. The van der Waals surface area contributed by atoms with E-state index in [1.165, 1.54) is 22.3 Å². The number of rotatable bonds is 9. The number of piperazine rings is 1. The van der Waals surface area contributed by atoms with Crippen LogP contribution in [-0.4, -0.2) is 108 Å². The molecular weight excluding hydrogens is 719 g/mol. The lowest BCUT2D eigenvalue weighted by molar-refractivity contribution is -0.136. The number of nitrogens with one attached hydrogen (secondary N) is 1. The van der Waals surface area contributed by atoms with Crippen molar-refractivity contribution in [2.75, 3.05) is 57.3 Å². The number of likely N-dealkylation sites (tertiary alicyclic amines) is 1. The Morgan fingerprint density at radius 3 is 2.12 bits per heavy atom. The number of anilines is 1. The number of hydrogen-bond donors (Lipinski definition) is 2. The fourth-order valence-electron chi connectivity index (χ4n) is 9.64. The standard InChI is InChI=1S/C46H49N5O6/c52-34-10-15-38-32(28-34)8-13-37(30-4-2-1-3-5-30)43(38)31-6-11-35(12-7-31)57-36-18-20-48(21-19-36)22-23-49-24-26-50(27-25-49)33-9-14-39-40(29-33)46(56)51(45(39)55)41-16-17-42(53)47-44(41)54/h1-7,9-12,14-15,28-29,36-37,41,43,52H,8,13,16-27H2,(H,47,53,54)/t37?,41?,43-/m0/s1. The normalized spacial score (nSPS) is 23.3. The van der Waals surface area contributed by atoms with Crippen LogP contribution in [0.5, 0.6) is 11.5 Å². The van der Waals surface area contributed by atoms with Crippen molar-refractivity contribution in [3.8, 4) is 11.5 Å². The van der Waals surface area contributed by atoms with Gasteiger partial charge in [-0.1, -0.05) is 48.5 Å². The van der Waals surface area contributed by atoms with Gasteiger partial charge in [0.15, 0.2) is 0 Å². The first kappa shape index (κ1) is 37.1. The number of phenols is 1. The topological polar surface area (TPSA) is 123 Å². The minimum atomic E-state index is -0.962. The summed E-state index contributed by atoms with van der Waals surface area (Å²) in [5.74, 6) is -0.102. The summed E-state index contributed by atoms with van der Waals surface area (Å²) < 4.78 is 6.53. The molecule has 2 N–H and O–H groups in total. The minimum Gasteiger partial charge on any atom is -0.508 e. The third-order valence-corrected chi connectivity index (χ3v) is 12.8. The largest absolute Gasteiger partial charge is 0.508 e. The maximum atomic E-state index is 13.3. The highest BCUT2D eigenvalue weighted by atomic mass is 16.5. The second-order valence-corrected chi connectivity index (χ2v) is 16.2. The number of phenolic OH excluding ortho intramolecular Hbond substituents is 1. The molecule has 4 aromatic rings. The number of amides is 4. The van der Waals surface area contributed by atoms with Crippen molar-refractivity contribution in [2.45, 2.75) is 62.5 Å². The second kappa shape index (κ2) is 15.8. The zero-order valence-electron chi connectivity index (χ0n) is 32.1. The van der Waals surface area contributed by atoms with Crippen molar-refractivity contribution in [3.05, 3.63) is 124 Å². The first-order valence-electron chi connectivity index (χ1n) is 20.5. The molecule has 57 heavy (non-hydrogen) atoms. The summed E-state index contributed by atoms with van der Waals surface area (Å²) in [6.07, 6.45) is 4.42. The maximum Gasteiger partial charge on any atom is 0.262 e. The Morgan fingerprint density at radius 1 is 0.667 bits per heavy atom. The number of imide groups is 2. The Balaban J connectivity index is 0.742. The summed E-state index contributed by atoms with van der Waals surface area (Å²) >= 11 is 0. The Morgan fingerprint density at radius 2 is 1.39 bits per heavy atom. The van der Waals surface area contributed by atoms with Gasteiger partial charge in [-0.2, -0.15) is 0 Å². The summed E-state index contributed by atoms with van der Waals surface area (Å²) in [5.41, 5.74) is 6.68. The van der Waals surface area contributed by atoms with Crippen LogP contribution in [0.25, 0.3) is 0 Å². The third kappa shape index (κ3) is 7.54. The van der Waals surface area contributed by atoms with Crippen LogP contribution in [0.1, 0.15) is 86.9 Å². The van der Waals surface area contributed by atoms with Gasteiger partial charge in [-0.3, -0.25) is 34.3 Å². The number of hydrogen-bond acceptors (Lipinski definition) is 9. The Kier molecular flexibility index (Phi) is 10.3. The highest BCUT2D eigenvalue weighted by Crippen LogP contribution is 2.47. The van der Waals surface area contributed by atoms with E-state index in [1.807, 2.05) is 18.2 Å². The molecule has 5 aliphatic rings. The van der Waals surface area contributed by atoms with Crippen LogP contribution in [0.4, 0.5) is 5.69 Å². The Bertz CT molecular complexity index is 2160. The van der Waals surface area contributed by atoms with Crippen LogP contribution in [0.3, 0.4) is 0 Å².